The standard InChI is InChI=1S/C17H22N6O/c1-13(16-21-19-12-22(16)2)20-17(24)18-11-14-6-5-7-15(10-14)23-8-3-4-9-23/h3-7,10,12-13H,8-9,11H2,1-2H3,(H2,18,20,24)/t13-/m0/s1. The van der Waals surface area contributed by atoms with Gasteiger partial charge in [0.25, 0.3) is 0 Å². The number of amides is 2. The van der Waals surface area contributed by atoms with Crippen LogP contribution in [0.2, 0.25) is 0 Å². The highest BCUT2D eigenvalue weighted by Crippen LogP contribution is 2.18. The quantitative estimate of drug-likeness (QED) is 0.821. The van der Waals surface area contributed by atoms with Crippen LogP contribution in [0, 0.1) is 0 Å². The van der Waals surface area contributed by atoms with Crippen molar-refractivity contribution in [1.82, 2.24) is 25.4 Å². The van der Waals surface area contributed by atoms with Gasteiger partial charge >= 0.3 is 6.03 Å². The topological polar surface area (TPSA) is 75.1 Å². The van der Waals surface area contributed by atoms with E-state index in [2.05, 4.69) is 50.0 Å². The summed E-state index contributed by atoms with van der Waals surface area (Å²) in [6, 6.07) is 7.80. The molecule has 2 heterocycles. The second-order valence-electron chi connectivity index (χ2n) is 5.90. The maximum absolute atomic E-state index is 12.1. The highest BCUT2D eigenvalue weighted by molar-refractivity contribution is 5.74. The number of hydrogen-bond acceptors (Lipinski definition) is 4. The van der Waals surface area contributed by atoms with Gasteiger partial charge in [0, 0.05) is 32.4 Å². The number of benzene rings is 1. The normalized spacial score (nSPS) is 14.7. The van der Waals surface area contributed by atoms with Gasteiger partial charge in [-0.3, -0.25) is 0 Å². The van der Waals surface area contributed by atoms with Gasteiger partial charge in [-0.05, 0) is 24.6 Å². The first-order valence-corrected chi connectivity index (χ1v) is 8.00. The van der Waals surface area contributed by atoms with Crippen LogP contribution in [0.1, 0.15) is 24.4 Å². The largest absolute Gasteiger partial charge is 0.364 e. The van der Waals surface area contributed by atoms with Crippen LogP contribution < -0.4 is 15.5 Å². The maximum Gasteiger partial charge on any atom is 0.315 e. The second-order valence-corrected chi connectivity index (χ2v) is 5.90. The van der Waals surface area contributed by atoms with Crippen LogP contribution >= 0.6 is 0 Å². The van der Waals surface area contributed by atoms with E-state index < -0.39 is 0 Å². The molecular formula is C17H22N6O. The van der Waals surface area contributed by atoms with Gasteiger partial charge in [0.05, 0.1) is 6.04 Å². The number of aryl methyl sites for hydroxylation is 1. The third kappa shape index (κ3) is 3.73. The van der Waals surface area contributed by atoms with Gasteiger partial charge in [-0.2, -0.15) is 0 Å². The summed E-state index contributed by atoms with van der Waals surface area (Å²) in [6.45, 7) is 4.23. The van der Waals surface area contributed by atoms with E-state index in [1.807, 2.05) is 26.1 Å². The molecule has 0 spiro atoms. The van der Waals surface area contributed by atoms with Crippen molar-refractivity contribution in [3.8, 4) is 0 Å². The van der Waals surface area contributed by atoms with Crippen LogP contribution in [0.15, 0.2) is 42.7 Å². The van der Waals surface area contributed by atoms with Crippen LogP contribution in [0.3, 0.4) is 0 Å². The highest BCUT2D eigenvalue weighted by atomic mass is 16.2. The van der Waals surface area contributed by atoms with Crippen LogP contribution in [-0.2, 0) is 13.6 Å². The molecule has 1 aliphatic rings. The Bertz CT molecular complexity index is 730. The first kappa shape index (κ1) is 16.0. The molecule has 7 nitrogen and oxygen atoms in total. The number of carbonyl (C=O) groups is 1. The van der Waals surface area contributed by atoms with Gasteiger partial charge in [-0.1, -0.05) is 24.3 Å². The molecule has 24 heavy (non-hydrogen) atoms. The summed E-state index contributed by atoms with van der Waals surface area (Å²) in [5.74, 6) is 0.716. The fourth-order valence-corrected chi connectivity index (χ4v) is 2.73. The first-order valence-electron chi connectivity index (χ1n) is 8.00. The van der Waals surface area contributed by atoms with E-state index in [9.17, 15) is 4.79 Å². The van der Waals surface area contributed by atoms with E-state index in [0.717, 1.165) is 18.7 Å². The van der Waals surface area contributed by atoms with Crippen LogP contribution in [0.25, 0.3) is 0 Å². The minimum atomic E-state index is -0.223. The zero-order chi connectivity index (χ0) is 16.9. The molecule has 2 aromatic rings. The zero-order valence-corrected chi connectivity index (χ0v) is 13.9. The van der Waals surface area contributed by atoms with Crippen molar-refractivity contribution in [2.75, 3.05) is 18.0 Å². The SMILES string of the molecule is C[C@H](NC(=O)NCc1cccc(N2CC=CC2)c1)c1nncn1C. The number of hydrogen-bond donors (Lipinski definition) is 2. The molecule has 1 aliphatic heterocycles. The molecule has 0 radical (unpaired) electrons. The van der Waals surface area contributed by atoms with Crippen LogP contribution in [0.5, 0.6) is 0 Å². The fourth-order valence-electron chi connectivity index (χ4n) is 2.73. The predicted molar refractivity (Wildman–Crippen MR) is 92.6 cm³/mol. The number of aromatic nitrogens is 3. The Hall–Kier alpha value is -2.83. The van der Waals surface area contributed by atoms with Crippen LogP contribution in [0.4, 0.5) is 10.5 Å². The summed E-state index contributed by atoms with van der Waals surface area (Å²) in [5, 5.41) is 13.6. The van der Waals surface area contributed by atoms with Crippen molar-refractivity contribution in [2.45, 2.75) is 19.5 Å². The third-order valence-electron chi connectivity index (χ3n) is 4.03. The number of nitrogens with zero attached hydrogens (tertiary/aromatic N) is 4. The molecule has 1 aromatic heterocycles. The lowest BCUT2D eigenvalue weighted by molar-refractivity contribution is 0.237. The van der Waals surface area contributed by atoms with Crippen molar-refractivity contribution >= 4 is 11.7 Å². The van der Waals surface area contributed by atoms with Gasteiger partial charge < -0.3 is 20.1 Å². The van der Waals surface area contributed by atoms with Gasteiger partial charge in [-0.25, -0.2) is 4.79 Å². The van der Waals surface area contributed by atoms with Gasteiger partial charge in [0.1, 0.15) is 6.33 Å². The van der Waals surface area contributed by atoms with Gasteiger partial charge in [0.2, 0.25) is 0 Å². The Labute approximate surface area is 141 Å². The number of nitrogens with one attached hydrogen (secondary N) is 2. The third-order valence-corrected chi connectivity index (χ3v) is 4.03. The molecule has 0 saturated carbocycles. The average Bonchev–Trinajstić information content (AvgIpc) is 3.24. The van der Waals surface area contributed by atoms with Crippen molar-refractivity contribution in [1.29, 1.82) is 0 Å². The Balaban J connectivity index is 1.53. The van der Waals surface area contributed by atoms with E-state index in [4.69, 9.17) is 0 Å². The summed E-state index contributed by atoms with van der Waals surface area (Å²) in [6.07, 6.45) is 5.93. The number of urea groups is 1. The lowest BCUT2D eigenvalue weighted by atomic mass is 10.2. The molecule has 3 rings (SSSR count). The van der Waals surface area contributed by atoms with Crippen molar-refractivity contribution in [3.05, 3.63) is 54.1 Å². The monoisotopic (exact) mass is 326 g/mol. The molecule has 2 N–H and O–H groups in total. The summed E-state index contributed by atoms with van der Waals surface area (Å²) in [7, 11) is 1.85. The highest BCUT2D eigenvalue weighted by Gasteiger charge is 2.14. The molecule has 0 fully saturated rings. The van der Waals surface area contributed by atoms with Crippen molar-refractivity contribution < 1.29 is 4.79 Å². The molecule has 1 atom stereocenters. The predicted octanol–water partition coefficient (Wildman–Crippen LogP) is 1.75. The zero-order valence-electron chi connectivity index (χ0n) is 13.9. The minimum absolute atomic E-state index is 0.209. The lowest BCUT2D eigenvalue weighted by Crippen LogP contribution is -2.37. The summed E-state index contributed by atoms with van der Waals surface area (Å²) in [4.78, 5) is 14.4. The van der Waals surface area contributed by atoms with Gasteiger partial charge in [0.15, 0.2) is 5.82 Å². The Morgan fingerprint density at radius 2 is 2.12 bits per heavy atom. The van der Waals surface area contributed by atoms with E-state index in [1.54, 1.807) is 10.9 Å². The molecule has 0 unspecified atom stereocenters. The van der Waals surface area contributed by atoms with Crippen molar-refractivity contribution in [3.63, 3.8) is 0 Å². The molecule has 0 bridgehead atoms. The number of anilines is 1. The van der Waals surface area contributed by atoms with Gasteiger partial charge in [-0.15, -0.1) is 10.2 Å². The summed E-state index contributed by atoms with van der Waals surface area (Å²) < 4.78 is 1.79. The Kier molecular flexibility index (Phi) is 4.79. The lowest BCUT2D eigenvalue weighted by Gasteiger charge is -2.19. The van der Waals surface area contributed by atoms with E-state index >= 15 is 0 Å². The molecule has 2 amide bonds. The van der Waals surface area contributed by atoms with E-state index in [0.29, 0.717) is 12.4 Å². The van der Waals surface area contributed by atoms with Crippen molar-refractivity contribution in [2.24, 2.45) is 7.05 Å². The molecule has 1 aromatic carbocycles. The fraction of sp³-hybridized carbons (Fsp3) is 0.353. The first-order chi connectivity index (χ1) is 11.6. The number of carbonyl (C=O) groups excluding carboxylic acids is 1. The second kappa shape index (κ2) is 7.16. The molecular weight excluding hydrogens is 304 g/mol. The maximum atomic E-state index is 12.1. The summed E-state index contributed by atoms with van der Waals surface area (Å²) >= 11 is 0. The smallest absolute Gasteiger partial charge is 0.315 e. The Morgan fingerprint density at radius 3 is 2.83 bits per heavy atom. The molecule has 0 saturated heterocycles. The van der Waals surface area contributed by atoms with Crippen LogP contribution in [-0.4, -0.2) is 33.9 Å². The molecule has 0 aliphatic carbocycles. The summed E-state index contributed by atoms with van der Waals surface area (Å²) in [5.41, 5.74) is 2.24. The number of rotatable bonds is 5. The van der Waals surface area contributed by atoms with E-state index in [1.165, 1.54) is 5.69 Å². The average molecular weight is 326 g/mol. The van der Waals surface area contributed by atoms with E-state index in [-0.39, 0.29) is 12.1 Å². The Morgan fingerprint density at radius 1 is 1.33 bits per heavy atom. The molecule has 7 heteroatoms. The minimum Gasteiger partial charge on any atom is -0.364 e. The molecule has 126 valence electrons.